The van der Waals surface area contributed by atoms with Gasteiger partial charge in [0.1, 0.15) is 0 Å². The molecule has 98 valence electrons. The Bertz CT molecular complexity index is 286. The van der Waals surface area contributed by atoms with Gasteiger partial charge >= 0.3 is 0 Å². The Balaban J connectivity index is 2.01. The standard InChI is InChI=1S/C14H26N2O/c1-10(2)9-16-14(13(15)17)7-3-4-12(8-14)11-5-6-11/h10-12,16H,3-9H2,1-2H3,(H2,15,17). The van der Waals surface area contributed by atoms with Crippen molar-refractivity contribution in [1.29, 1.82) is 0 Å². The van der Waals surface area contributed by atoms with Crippen LogP contribution in [0.25, 0.3) is 0 Å². The number of amides is 1. The lowest BCUT2D eigenvalue weighted by Gasteiger charge is -2.40. The normalized spacial score (nSPS) is 33.9. The first kappa shape index (κ1) is 12.9. The molecule has 17 heavy (non-hydrogen) atoms. The summed E-state index contributed by atoms with van der Waals surface area (Å²) in [4.78, 5) is 11.8. The lowest BCUT2D eigenvalue weighted by Crippen LogP contribution is -2.58. The number of hydrogen-bond donors (Lipinski definition) is 2. The van der Waals surface area contributed by atoms with Gasteiger partial charge in [-0.05, 0) is 50.0 Å². The van der Waals surface area contributed by atoms with Crippen LogP contribution in [0, 0.1) is 17.8 Å². The van der Waals surface area contributed by atoms with Crippen LogP contribution >= 0.6 is 0 Å². The van der Waals surface area contributed by atoms with Crippen LogP contribution in [-0.4, -0.2) is 18.0 Å². The molecule has 2 rings (SSSR count). The second-order valence-corrected chi connectivity index (χ2v) is 6.41. The molecule has 0 aromatic rings. The molecule has 0 spiro atoms. The van der Waals surface area contributed by atoms with Crippen molar-refractivity contribution in [3.05, 3.63) is 0 Å². The number of nitrogens with two attached hydrogens (primary N) is 1. The second kappa shape index (κ2) is 4.97. The van der Waals surface area contributed by atoms with Crippen molar-refractivity contribution in [2.45, 2.75) is 57.9 Å². The van der Waals surface area contributed by atoms with Gasteiger partial charge in [0.2, 0.25) is 5.91 Å². The molecule has 1 amide bonds. The zero-order valence-corrected chi connectivity index (χ0v) is 11.2. The first-order valence-corrected chi connectivity index (χ1v) is 7.08. The van der Waals surface area contributed by atoms with Gasteiger partial charge in [-0.25, -0.2) is 0 Å². The van der Waals surface area contributed by atoms with Crippen LogP contribution < -0.4 is 11.1 Å². The topological polar surface area (TPSA) is 55.1 Å². The number of nitrogens with one attached hydrogen (secondary N) is 1. The van der Waals surface area contributed by atoms with E-state index in [1.807, 2.05) is 0 Å². The van der Waals surface area contributed by atoms with Crippen LogP contribution in [0.1, 0.15) is 52.4 Å². The second-order valence-electron chi connectivity index (χ2n) is 6.41. The minimum Gasteiger partial charge on any atom is -0.368 e. The molecule has 2 aliphatic carbocycles. The summed E-state index contributed by atoms with van der Waals surface area (Å²) in [5.74, 6) is 2.04. The summed E-state index contributed by atoms with van der Waals surface area (Å²) in [5, 5.41) is 3.47. The number of hydrogen-bond acceptors (Lipinski definition) is 2. The molecule has 0 radical (unpaired) electrons. The molecule has 0 aromatic carbocycles. The van der Waals surface area contributed by atoms with Gasteiger partial charge in [-0.3, -0.25) is 4.79 Å². The third-order valence-electron chi connectivity index (χ3n) is 4.40. The fraction of sp³-hybridized carbons (Fsp3) is 0.929. The summed E-state index contributed by atoms with van der Waals surface area (Å²) in [7, 11) is 0. The Morgan fingerprint density at radius 1 is 1.35 bits per heavy atom. The molecule has 0 heterocycles. The minimum absolute atomic E-state index is 0.136. The maximum atomic E-state index is 11.8. The number of rotatable bonds is 5. The molecule has 2 aliphatic rings. The molecule has 0 aliphatic heterocycles. The summed E-state index contributed by atoms with van der Waals surface area (Å²) >= 11 is 0. The van der Waals surface area contributed by atoms with Crippen molar-refractivity contribution in [2.75, 3.05) is 6.54 Å². The van der Waals surface area contributed by atoms with E-state index in [9.17, 15) is 4.79 Å². The maximum absolute atomic E-state index is 11.8. The van der Waals surface area contributed by atoms with Gasteiger partial charge in [0, 0.05) is 0 Å². The van der Waals surface area contributed by atoms with Crippen molar-refractivity contribution in [2.24, 2.45) is 23.5 Å². The third kappa shape index (κ3) is 3.01. The Hall–Kier alpha value is -0.570. The van der Waals surface area contributed by atoms with E-state index in [2.05, 4.69) is 19.2 Å². The minimum atomic E-state index is -0.407. The largest absolute Gasteiger partial charge is 0.368 e. The zero-order valence-electron chi connectivity index (χ0n) is 11.2. The summed E-state index contributed by atoms with van der Waals surface area (Å²) in [6, 6.07) is 0. The smallest absolute Gasteiger partial charge is 0.237 e. The molecule has 2 fully saturated rings. The van der Waals surface area contributed by atoms with E-state index in [1.165, 1.54) is 19.3 Å². The van der Waals surface area contributed by atoms with E-state index >= 15 is 0 Å². The lowest BCUT2D eigenvalue weighted by atomic mass is 9.73. The fourth-order valence-electron chi connectivity index (χ4n) is 3.16. The van der Waals surface area contributed by atoms with Gasteiger partial charge in [0.15, 0.2) is 0 Å². The van der Waals surface area contributed by atoms with E-state index < -0.39 is 5.54 Å². The summed E-state index contributed by atoms with van der Waals surface area (Å²) in [5.41, 5.74) is 5.26. The van der Waals surface area contributed by atoms with Gasteiger partial charge in [-0.1, -0.05) is 26.7 Å². The van der Waals surface area contributed by atoms with Gasteiger partial charge in [-0.15, -0.1) is 0 Å². The molecule has 2 atom stereocenters. The van der Waals surface area contributed by atoms with Crippen LogP contribution in [-0.2, 0) is 4.79 Å². The van der Waals surface area contributed by atoms with Crippen molar-refractivity contribution in [3.63, 3.8) is 0 Å². The summed E-state index contributed by atoms with van der Waals surface area (Å²) < 4.78 is 0. The molecule has 3 N–H and O–H groups in total. The predicted molar refractivity (Wildman–Crippen MR) is 69.4 cm³/mol. The third-order valence-corrected chi connectivity index (χ3v) is 4.40. The van der Waals surface area contributed by atoms with Gasteiger partial charge in [-0.2, -0.15) is 0 Å². The molecule has 3 heteroatoms. The van der Waals surface area contributed by atoms with E-state index in [0.29, 0.717) is 5.92 Å². The Kier molecular flexibility index (Phi) is 3.76. The zero-order chi connectivity index (χ0) is 12.5. The van der Waals surface area contributed by atoms with Crippen molar-refractivity contribution in [1.82, 2.24) is 5.32 Å². The van der Waals surface area contributed by atoms with Gasteiger partial charge < -0.3 is 11.1 Å². The molecular formula is C14H26N2O. The molecule has 2 saturated carbocycles. The SMILES string of the molecule is CC(C)CNC1(C(N)=O)CCCC(C2CC2)C1. The Morgan fingerprint density at radius 2 is 2.06 bits per heavy atom. The molecular weight excluding hydrogens is 212 g/mol. The van der Waals surface area contributed by atoms with E-state index in [1.54, 1.807) is 0 Å². The van der Waals surface area contributed by atoms with Gasteiger partial charge in [0.25, 0.3) is 0 Å². The first-order chi connectivity index (χ1) is 8.03. The number of primary amides is 1. The average Bonchev–Trinajstić information content (AvgIpc) is 3.10. The van der Waals surface area contributed by atoms with Crippen LogP contribution in [0.3, 0.4) is 0 Å². The summed E-state index contributed by atoms with van der Waals surface area (Å²) in [6.07, 6.45) is 7.07. The van der Waals surface area contributed by atoms with Crippen molar-refractivity contribution in [3.8, 4) is 0 Å². The van der Waals surface area contributed by atoms with E-state index in [0.717, 1.165) is 37.6 Å². The molecule has 0 aromatic heterocycles. The number of carbonyl (C=O) groups is 1. The first-order valence-electron chi connectivity index (χ1n) is 7.08. The molecule has 3 nitrogen and oxygen atoms in total. The quantitative estimate of drug-likeness (QED) is 0.770. The van der Waals surface area contributed by atoms with Crippen LogP contribution in [0.15, 0.2) is 0 Å². The van der Waals surface area contributed by atoms with Gasteiger partial charge in [0.05, 0.1) is 5.54 Å². The van der Waals surface area contributed by atoms with Crippen molar-refractivity contribution < 1.29 is 4.79 Å². The van der Waals surface area contributed by atoms with E-state index in [4.69, 9.17) is 5.73 Å². The highest BCUT2D eigenvalue weighted by Gasteiger charge is 2.45. The highest BCUT2D eigenvalue weighted by molar-refractivity contribution is 5.84. The molecule has 0 saturated heterocycles. The maximum Gasteiger partial charge on any atom is 0.237 e. The van der Waals surface area contributed by atoms with Crippen LogP contribution in [0.4, 0.5) is 0 Å². The molecule has 2 unspecified atom stereocenters. The fourth-order valence-corrected chi connectivity index (χ4v) is 3.16. The highest BCUT2D eigenvalue weighted by Crippen LogP contribution is 2.46. The van der Waals surface area contributed by atoms with E-state index in [-0.39, 0.29) is 5.91 Å². The van der Waals surface area contributed by atoms with Crippen LogP contribution in [0.5, 0.6) is 0 Å². The summed E-state index contributed by atoms with van der Waals surface area (Å²) in [6.45, 7) is 5.23. The van der Waals surface area contributed by atoms with Crippen molar-refractivity contribution >= 4 is 5.91 Å². The average molecular weight is 238 g/mol. The molecule has 0 bridgehead atoms. The van der Waals surface area contributed by atoms with Crippen LogP contribution in [0.2, 0.25) is 0 Å². The monoisotopic (exact) mass is 238 g/mol. The highest BCUT2D eigenvalue weighted by atomic mass is 16.1. The lowest BCUT2D eigenvalue weighted by molar-refractivity contribution is -0.126. The number of carbonyl (C=O) groups excluding carboxylic acids is 1. The Labute approximate surface area is 105 Å². The Morgan fingerprint density at radius 3 is 2.59 bits per heavy atom. The predicted octanol–water partition coefficient (Wildman–Crippen LogP) is 2.06.